The van der Waals surface area contributed by atoms with Crippen LogP contribution in [-0.4, -0.2) is 6.18 Å². The lowest BCUT2D eigenvalue weighted by atomic mass is 9.96. The fraction of sp³-hybridized carbons (Fsp3) is 0.286. The van der Waals surface area contributed by atoms with Gasteiger partial charge in [0.25, 0.3) is 0 Å². The maximum absolute atomic E-state index is 12.3. The van der Waals surface area contributed by atoms with Crippen molar-refractivity contribution in [2.45, 2.75) is 25.9 Å². The summed E-state index contributed by atoms with van der Waals surface area (Å²) >= 11 is 0. The van der Waals surface area contributed by atoms with Crippen LogP contribution in [0.25, 0.3) is 10.8 Å². The monoisotopic (exact) mass is 238 g/mol. The van der Waals surface area contributed by atoms with E-state index >= 15 is 0 Å². The first kappa shape index (κ1) is 12.0. The Morgan fingerprint density at radius 2 is 1.71 bits per heavy atom. The van der Waals surface area contributed by atoms with Crippen molar-refractivity contribution in [3.8, 4) is 0 Å². The predicted molar refractivity (Wildman–Crippen MR) is 63.1 cm³/mol. The average Bonchev–Trinajstić information content (AvgIpc) is 2.26. The Labute approximate surface area is 98.1 Å². The summed E-state index contributed by atoms with van der Waals surface area (Å²) in [7, 11) is 0. The van der Waals surface area contributed by atoms with Crippen LogP contribution in [0.5, 0.6) is 0 Å². The highest BCUT2D eigenvalue weighted by atomic mass is 19.4. The van der Waals surface area contributed by atoms with Crippen LogP contribution in [-0.2, 0) is 6.42 Å². The molecule has 2 aromatic rings. The summed E-state index contributed by atoms with van der Waals surface area (Å²) in [5.74, 6) is 0. The molecule has 0 heterocycles. The Morgan fingerprint density at radius 1 is 1.00 bits per heavy atom. The minimum atomic E-state index is -4.09. The Morgan fingerprint density at radius 3 is 2.41 bits per heavy atom. The van der Waals surface area contributed by atoms with E-state index in [9.17, 15) is 13.2 Å². The van der Waals surface area contributed by atoms with Crippen LogP contribution < -0.4 is 0 Å². The van der Waals surface area contributed by atoms with Crippen LogP contribution in [0.3, 0.4) is 0 Å². The minimum Gasteiger partial charge on any atom is -0.171 e. The van der Waals surface area contributed by atoms with E-state index in [0.717, 1.165) is 21.9 Å². The lowest BCUT2D eigenvalue weighted by Crippen LogP contribution is -2.09. The third kappa shape index (κ3) is 2.78. The highest BCUT2D eigenvalue weighted by molar-refractivity contribution is 5.86. The van der Waals surface area contributed by atoms with Gasteiger partial charge in [0.05, 0.1) is 0 Å². The summed E-state index contributed by atoms with van der Waals surface area (Å²) in [5.41, 5.74) is 1.73. The summed E-state index contributed by atoms with van der Waals surface area (Å²) < 4.78 is 36.8. The topological polar surface area (TPSA) is 0 Å². The first-order chi connectivity index (χ1) is 7.97. The van der Waals surface area contributed by atoms with Crippen molar-refractivity contribution in [1.29, 1.82) is 0 Å². The van der Waals surface area contributed by atoms with Gasteiger partial charge in [0.2, 0.25) is 0 Å². The minimum absolute atomic E-state index is 0.0523. The van der Waals surface area contributed by atoms with Gasteiger partial charge in [-0.2, -0.15) is 13.2 Å². The highest BCUT2D eigenvalue weighted by Gasteiger charge is 2.27. The Bertz CT molecular complexity index is 526. The van der Waals surface area contributed by atoms with Gasteiger partial charge in [0.15, 0.2) is 0 Å². The normalized spacial score (nSPS) is 12.0. The fourth-order valence-electron chi connectivity index (χ4n) is 2.04. The van der Waals surface area contributed by atoms with E-state index in [0.29, 0.717) is 0 Å². The van der Waals surface area contributed by atoms with Gasteiger partial charge < -0.3 is 0 Å². The molecule has 0 unspecified atom stereocenters. The quantitative estimate of drug-likeness (QED) is 0.714. The zero-order valence-electron chi connectivity index (χ0n) is 9.51. The van der Waals surface area contributed by atoms with Crippen LogP contribution >= 0.6 is 0 Å². The second-order valence-corrected chi connectivity index (χ2v) is 4.20. The smallest absolute Gasteiger partial charge is 0.171 e. The fourth-order valence-corrected chi connectivity index (χ4v) is 2.04. The van der Waals surface area contributed by atoms with E-state index < -0.39 is 12.6 Å². The van der Waals surface area contributed by atoms with Gasteiger partial charge in [-0.15, -0.1) is 0 Å². The van der Waals surface area contributed by atoms with E-state index in [1.807, 2.05) is 43.3 Å². The van der Waals surface area contributed by atoms with E-state index in [-0.39, 0.29) is 6.42 Å². The molecule has 0 saturated heterocycles. The summed E-state index contributed by atoms with van der Waals surface area (Å²) in [6.45, 7) is 1.86. The largest absolute Gasteiger partial charge is 0.389 e. The highest BCUT2D eigenvalue weighted by Crippen LogP contribution is 2.27. The molecule has 0 spiro atoms. The molecule has 0 fully saturated rings. The first-order valence-electron chi connectivity index (χ1n) is 5.51. The van der Waals surface area contributed by atoms with Crippen molar-refractivity contribution in [3.63, 3.8) is 0 Å². The molecule has 0 saturated carbocycles. The van der Waals surface area contributed by atoms with Crippen molar-refractivity contribution in [2.75, 3.05) is 0 Å². The van der Waals surface area contributed by atoms with Gasteiger partial charge in [-0.05, 0) is 35.2 Å². The maximum Gasteiger partial charge on any atom is 0.389 e. The standard InChI is InChI=1S/C14H13F3/c1-10-6-7-11-4-2-3-5-13(11)12(10)8-9-14(15,16)17/h2-7H,8-9H2,1H3. The summed E-state index contributed by atoms with van der Waals surface area (Å²) in [5, 5.41) is 1.92. The molecule has 2 rings (SSSR count). The van der Waals surface area contributed by atoms with Gasteiger partial charge in [0.1, 0.15) is 0 Å². The number of alkyl halides is 3. The molecular weight excluding hydrogens is 225 g/mol. The third-order valence-corrected chi connectivity index (χ3v) is 2.93. The molecule has 0 nitrogen and oxygen atoms in total. The van der Waals surface area contributed by atoms with Crippen LogP contribution in [0.15, 0.2) is 36.4 Å². The van der Waals surface area contributed by atoms with E-state index in [2.05, 4.69) is 0 Å². The second kappa shape index (κ2) is 4.40. The Balaban J connectivity index is 2.41. The Kier molecular flexibility index (Phi) is 3.09. The molecule has 0 aliphatic rings. The van der Waals surface area contributed by atoms with Crippen LogP contribution in [0, 0.1) is 6.92 Å². The number of hydrogen-bond donors (Lipinski definition) is 0. The lowest BCUT2D eigenvalue weighted by Gasteiger charge is -2.11. The predicted octanol–water partition coefficient (Wildman–Crippen LogP) is 4.64. The molecule has 0 N–H and O–H groups in total. The summed E-state index contributed by atoms with van der Waals surface area (Å²) in [4.78, 5) is 0. The van der Waals surface area contributed by atoms with Crippen molar-refractivity contribution < 1.29 is 13.2 Å². The maximum atomic E-state index is 12.3. The van der Waals surface area contributed by atoms with Gasteiger partial charge in [0, 0.05) is 6.42 Å². The molecule has 0 aliphatic heterocycles. The van der Waals surface area contributed by atoms with Gasteiger partial charge in [-0.3, -0.25) is 0 Å². The van der Waals surface area contributed by atoms with Crippen molar-refractivity contribution in [2.24, 2.45) is 0 Å². The van der Waals surface area contributed by atoms with Crippen molar-refractivity contribution in [3.05, 3.63) is 47.5 Å². The first-order valence-corrected chi connectivity index (χ1v) is 5.51. The van der Waals surface area contributed by atoms with Crippen molar-refractivity contribution in [1.82, 2.24) is 0 Å². The van der Waals surface area contributed by atoms with Crippen LogP contribution in [0.4, 0.5) is 13.2 Å². The molecular formula is C14H13F3. The zero-order chi connectivity index (χ0) is 12.5. The molecule has 0 aliphatic carbocycles. The molecule has 3 heteroatoms. The molecule has 0 bridgehead atoms. The van der Waals surface area contributed by atoms with Crippen LogP contribution in [0.1, 0.15) is 17.5 Å². The number of rotatable bonds is 2. The molecule has 0 amide bonds. The molecule has 17 heavy (non-hydrogen) atoms. The molecule has 0 radical (unpaired) electrons. The molecule has 0 aromatic heterocycles. The second-order valence-electron chi connectivity index (χ2n) is 4.20. The van der Waals surface area contributed by atoms with Gasteiger partial charge in [-0.25, -0.2) is 0 Å². The number of hydrogen-bond acceptors (Lipinski definition) is 0. The number of fused-ring (bicyclic) bond motifs is 1. The zero-order valence-corrected chi connectivity index (χ0v) is 9.51. The SMILES string of the molecule is Cc1ccc2ccccc2c1CCC(F)(F)F. The van der Waals surface area contributed by atoms with Gasteiger partial charge in [-0.1, -0.05) is 36.4 Å². The molecule has 2 aromatic carbocycles. The summed E-state index contributed by atoms with van der Waals surface area (Å²) in [6, 6.07) is 11.4. The van der Waals surface area contributed by atoms with E-state index in [1.165, 1.54) is 0 Å². The molecule has 90 valence electrons. The van der Waals surface area contributed by atoms with Gasteiger partial charge >= 0.3 is 6.18 Å². The Hall–Kier alpha value is -1.51. The number of aryl methyl sites for hydroxylation is 2. The van der Waals surface area contributed by atoms with Crippen molar-refractivity contribution >= 4 is 10.8 Å². The van der Waals surface area contributed by atoms with E-state index in [1.54, 1.807) is 0 Å². The third-order valence-electron chi connectivity index (χ3n) is 2.93. The average molecular weight is 238 g/mol. The lowest BCUT2D eigenvalue weighted by molar-refractivity contribution is -0.133. The van der Waals surface area contributed by atoms with E-state index in [4.69, 9.17) is 0 Å². The number of benzene rings is 2. The van der Waals surface area contributed by atoms with Crippen LogP contribution in [0.2, 0.25) is 0 Å². The number of halogens is 3. The summed E-state index contributed by atoms with van der Waals surface area (Å²) in [6.07, 6.45) is -4.80. The molecule has 0 atom stereocenters.